The van der Waals surface area contributed by atoms with E-state index in [0.29, 0.717) is 32.8 Å². The van der Waals surface area contributed by atoms with E-state index in [0.717, 1.165) is 28.3 Å². The number of aryl methyl sites for hydroxylation is 1. The Morgan fingerprint density at radius 3 is 2.12 bits per heavy atom. The van der Waals surface area contributed by atoms with E-state index < -0.39 is 12.1 Å². The molecule has 1 aromatic heterocycles. The molecular formula is C28H35NO5. The zero-order chi connectivity index (χ0) is 24.5. The van der Waals surface area contributed by atoms with Crippen molar-refractivity contribution in [2.45, 2.75) is 52.7 Å². The van der Waals surface area contributed by atoms with Crippen molar-refractivity contribution < 1.29 is 24.1 Å². The van der Waals surface area contributed by atoms with Gasteiger partial charge < -0.3 is 23.9 Å². The fourth-order valence-electron chi connectivity index (χ4n) is 4.24. The number of carboxylic acid groups (broad SMARTS) is 1. The van der Waals surface area contributed by atoms with Gasteiger partial charge >= 0.3 is 5.97 Å². The van der Waals surface area contributed by atoms with Crippen LogP contribution in [0.5, 0.6) is 11.5 Å². The summed E-state index contributed by atoms with van der Waals surface area (Å²) in [4.78, 5) is 11.6. The fraction of sp³-hybridized carbons (Fsp3) is 0.393. The van der Waals surface area contributed by atoms with Crippen LogP contribution >= 0.6 is 0 Å². The molecule has 2 unspecified atom stereocenters. The molecule has 6 heteroatoms. The van der Waals surface area contributed by atoms with Crippen molar-refractivity contribution in [2.24, 2.45) is 0 Å². The predicted molar refractivity (Wildman–Crippen MR) is 134 cm³/mol. The first-order chi connectivity index (χ1) is 16.5. The summed E-state index contributed by atoms with van der Waals surface area (Å²) in [7, 11) is 0. The number of carboxylic acids is 1. The van der Waals surface area contributed by atoms with Crippen molar-refractivity contribution in [1.29, 1.82) is 0 Å². The van der Waals surface area contributed by atoms with Crippen molar-refractivity contribution in [3.8, 4) is 22.8 Å². The molecule has 0 saturated heterocycles. The minimum atomic E-state index is -0.931. The van der Waals surface area contributed by atoms with E-state index in [2.05, 4.69) is 35.8 Å². The van der Waals surface area contributed by atoms with Crippen molar-refractivity contribution >= 4 is 5.97 Å². The van der Waals surface area contributed by atoms with Gasteiger partial charge in [0.25, 0.3) is 0 Å². The Bertz CT molecular complexity index is 1040. The topological polar surface area (TPSA) is 69.9 Å². The minimum Gasteiger partial charge on any atom is -0.494 e. The minimum absolute atomic E-state index is 0.203. The van der Waals surface area contributed by atoms with Gasteiger partial charge in [0.2, 0.25) is 0 Å². The number of aliphatic carboxylic acids is 1. The van der Waals surface area contributed by atoms with Gasteiger partial charge in [0.1, 0.15) is 18.1 Å². The van der Waals surface area contributed by atoms with Crippen LogP contribution in [0.15, 0.2) is 60.7 Å². The van der Waals surface area contributed by atoms with Crippen LogP contribution in [0.1, 0.15) is 44.4 Å². The lowest BCUT2D eigenvalue weighted by molar-refractivity contribution is -0.151. The fourth-order valence-corrected chi connectivity index (χ4v) is 4.24. The maximum Gasteiger partial charge on any atom is 0.333 e. The van der Waals surface area contributed by atoms with Crippen LogP contribution in [0.25, 0.3) is 11.3 Å². The monoisotopic (exact) mass is 465 g/mol. The first-order valence-electron chi connectivity index (χ1n) is 11.9. The smallest absolute Gasteiger partial charge is 0.333 e. The zero-order valence-corrected chi connectivity index (χ0v) is 20.5. The number of nitrogens with zero attached hydrogens (tertiary/aromatic N) is 1. The van der Waals surface area contributed by atoms with E-state index in [1.54, 1.807) is 0 Å². The quantitative estimate of drug-likeness (QED) is 0.339. The molecule has 1 N–H and O–H groups in total. The highest BCUT2D eigenvalue weighted by molar-refractivity contribution is 5.73. The standard InChI is InChI=1S/C28H35NO5/c1-5-25(27(28(30)31)33-7-3)21-9-13-24(14-10-21)34-19-18-29-20(4)8-17-26(29)22-11-15-23(16-12-22)32-6-2/h8-17,25,27H,5-7,18-19H2,1-4H3,(H,30,31). The molecule has 0 bridgehead atoms. The molecule has 3 aromatic rings. The molecule has 1 heterocycles. The SMILES string of the molecule is CCOc1ccc(-c2ccc(C)n2CCOc2ccc(C(CC)C(OCC)C(=O)O)cc2)cc1. The Labute approximate surface area is 202 Å². The van der Waals surface area contributed by atoms with Crippen LogP contribution < -0.4 is 9.47 Å². The summed E-state index contributed by atoms with van der Waals surface area (Å²) in [6, 6.07) is 20.1. The van der Waals surface area contributed by atoms with Gasteiger partial charge in [-0.1, -0.05) is 19.1 Å². The second-order valence-electron chi connectivity index (χ2n) is 8.12. The van der Waals surface area contributed by atoms with Crippen molar-refractivity contribution in [1.82, 2.24) is 4.57 Å². The van der Waals surface area contributed by atoms with Gasteiger partial charge in [-0.2, -0.15) is 0 Å². The summed E-state index contributed by atoms with van der Waals surface area (Å²) >= 11 is 0. The molecule has 0 aliphatic rings. The molecule has 3 rings (SSSR count). The van der Waals surface area contributed by atoms with Crippen LogP contribution in [0, 0.1) is 6.92 Å². The summed E-state index contributed by atoms with van der Waals surface area (Å²) in [5.41, 5.74) is 4.38. The molecular weight excluding hydrogens is 430 g/mol. The number of hydrogen-bond acceptors (Lipinski definition) is 4. The number of ether oxygens (including phenoxy) is 3. The third-order valence-corrected chi connectivity index (χ3v) is 5.95. The molecule has 182 valence electrons. The summed E-state index contributed by atoms with van der Waals surface area (Å²) in [5, 5.41) is 9.53. The number of hydrogen-bond donors (Lipinski definition) is 1. The second kappa shape index (κ2) is 12.3. The summed E-state index contributed by atoms with van der Waals surface area (Å²) < 4.78 is 19.3. The molecule has 0 saturated carbocycles. The summed E-state index contributed by atoms with van der Waals surface area (Å²) in [6.45, 7) is 10.1. The van der Waals surface area contributed by atoms with Crippen LogP contribution in [0.2, 0.25) is 0 Å². The maximum atomic E-state index is 11.6. The highest BCUT2D eigenvalue weighted by Crippen LogP contribution is 2.28. The first-order valence-corrected chi connectivity index (χ1v) is 11.9. The van der Waals surface area contributed by atoms with Crippen molar-refractivity contribution in [3.05, 3.63) is 71.9 Å². The highest BCUT2D eigenvalue weighted by atomic mass is 16.5. The number of carbonyl (C=O) groups is 1. The largest absolute Gasteiger partial charge is 0.494 e. The molecule has 0 spiro atoms. The normalized spacial score (nSPS) is 12.8. The molecule has 2 aromatic carbocycles. The van der Waals surface area contributed by atoms with Crippen LogP contribution in [0.4, 0.5) is 0 Å². The Balaban J connectivity index is 1.64. The summed E-state index contributed by atoms with van der Waals surface area (Å²) in [5.74, 6) is 0.494. The average Bonchev–Trinajstić information content (AvgIpc) is 3.20. The van der Waals surface area contributed by atoms with E-state index >= 15 is 0 Å². The van der Waals surface area contributed by atoms with Crippen LogP contribution in [0.3, 0.4) is 0 Å². The second-order valence-corrected chi connectivity index (χ2v) is 8.12. The molecule has 0 aliphatic carbocycles. The molecule has 2 atom stereocenters. The van der Waals surface area contributed by atoms with Crippen molar-refractivity contribution in [3.63, 3.8) is 0 Å². The third kappa shape index (κ3) is 6.20. The van der Waals surface area contributed by atoms with Gasteiger partial charge in [-0.15, -0.1) is 0 Å². The van der Waals surface area contributed by atoms with Crippen LogP contribution in [-0.2, 0) is 16.1 Å². The van der Waals surface area contributed by atoms with Gasteiger partial charge in [0, 0.05) is 23.9 Å². The summed E-state index contributed by atoms with van der Waals surface area (Å²) in [6.07, 6.45) is -0.169. The van der Waals surface area contributed by atoms with Gasteiger partial charge in [-0.25, -0.2) is 4.79 Å². The van der Waals surface area contributed by atoms with Gasteiger partial charge in [0.15, 0.2) is 6.10 Å². The van der Waals surface area contributed by atoms with E-state index in [1.165, 1.54) is 5.69 Å². The molecule has 0 radical (unpaired) electrons. The van der Waals surface area contributed by atoms with Gasteiger partial charge in [-0.05, 0) is 86.8 Å². The van der Waals surface area contributed by atoms with Crippen LogP contribution in [-0.4, -0.2) is 41.6 Å². The highest BCUT2D eigenvalue weighted by Gasteiger charge is 2.28. The van der Waals surface area contributed by atoms with E-state index in [-0.39, 0.29) is 5.92 Å². The molecule has 0 aliphatic heterocycles. The predicted octanol–water partition coefficient (Wildman–Crippen LogP) is 5.92. The van der Waals surface area contributed by atoms with E-state index in [1.807, 2.05) is 57.2 Å². The molecule has 34 heavy (non-hydrogen) atoms. The molecule has 0 amide bonds. The zero-order valence-electron chi connectivity index (χ0n) is 20.5. The lowest BCUT2D eigenvalue weighted by Crippen LogP contribution is -2.30. The van der Waals surface area contributed by atoms with Gasteiger partial charge in [0.05, 0.1) is 13.2 Å². The third-order valence-electron chi connectivity index (χ3n) is 5.95. The average molecular weight is 466 g/mol. The number of aromatic nitrogens is 1. The lowest BCUT2D eigenvalue weighted by atomic mass is 9.91. The maximum absolute atomic E-state index is 11.6. The number of benzene rings is 2. The molecule has 0 fully saturated rings. The Morgan fingerprint density at radius 1 is 0.882 bits per heavy atom. The van der Waals surface area contributed by atoms with E-state index in [9.17, 15) is 9.90 Å². The number of rotatable bonds is 13. The Hall–Kier alpha value is -3.25. The van der Waals surface area contributed by atoms with Crippen molar-refractivity contribution in [2.75, 3.05) is 19.8 Å². The van der Waals surface area contributed by atoms with E-state index in [4.69, 9.17) is 14.2 Å². The van der Waals surface area contributed by atoms with Gasteiger partial charge in [-0.3, -0.25) is 0 Å². The molecule has 6 nitrogen and oxygen atoms in total. The first kappa shape index (κ1) is 25.4. The Kier molecular flexibility index (Phi) is 9.16. The Morgan fingerprint density at radius 2 is 1.53 bits per heavy atom. The lowest BCUT2D eigenvalue weighted by Gasteiger charge is -2.23.